The molecule has 0 saturated heterocycles. The van der Waals surface area contributed by atoms with E-state index in [0.29, 0.717) is 0 Å². The SMILES string of the molecule is Oc1ccccc1C(O)(O)OP(O)(O)=S. The quantitative estimate of drug-likeness (QED) is 0.371. The molecule has 0 unspecified atom stereocenters. The molecule has 8 heteroatoms. The lowest BCUT2D eigenvalue weighted by atomic mass is 10.1. The predicted molar refractivity (Wildman–Crippen MR) is 54.0 cm³/mol. The molecule has 5 N–H and O–H groups in total. The second-order valence-electron chi connectivity index (χ2n) is 2.71. The van der Waals surface area contributed by atoms with E-state index in [0.717, 1.165) is 6.07 Å². The van der Waals surface area contributed by atoms with Gasteiger partial charge in [0.05, 0.1) is 5.56 Å². The first-order valence-electron chi connectivity index (χ1n) is 3.72. The summed E-state index contributed by atoms with van der Waals surface area (Å²) < 4.78 is 4.08. The third-order valence-electron chi connectivity index (χ3n) is 1.50. The molecule has 1 rings (SSSR count). The van der Waals surface area contributed by atoms with Crippen molar-refractivity contribution < 1.29 is 29.6 Å². The van der Waals surface area contributed by atoms with Crippen molar-refractivity contribution in [3.8, 4) is 5.75 Å². The summed E-state index contributed by atoms with van der Waals surface area (Å²) in [6, 6.07) is 5.17. The number of rotatable bonds is 3. The van der Waals surface area contributed by atoms with Crippen molar-refractivity contribution in [2.45, 2.75) is 5.97 Å². The third-order valence-corrected chi connectivity index (χ3v) is 2.22. The molecule has 0 bridgehead atoms. The number of aromatic hydroxyl groups is 1. The Morgan fingerprint density at radius 2 is 1.73 bits per heavy atom. The van der Waals surface area contributed by atoms with Crippen LogP contribution in [0.5, 0.6) is 5.75 Å². The Bertz CT molecular complexity index is 400. The highest BCUT2D eigenvalue weighted by Crippen LogP contribution is 2.44. The minimum Gasteiger partial charge on any atom is -0.507 e. The summed E-state index contributed by atoms with van der Waals surface area (Å²) in [5.74, 6) is -3.50. The number of phenols is 1. The van der Waals surface area contributed by atoms with Crippen molar-refractivity contribution in [1.29, 1.82) is 0 Å². The second kappa shape index (κ2) is 4.15. The second-order valence-corrected chi connectivity index (χ2v) is 5.30. The molecule has 1 aromatic rings. The van der Waals surface area contributed by atoms with E-state index in [1.54, 1.807) is 0 Å². The van der Waals surface area contributed by atoms with Crippen molar-refractivity contribution in [3.05, 3.63) is 29.8 Å². The Morgan fingerprint density at radius 1 is 1.20 bits per heavy atom. The first-order chi connectivity index (χ1) is 6.72. The Hall–Kier alpha value is -0.530. The standard InChI is InChI=1S/C7H9O6PS/c8-6-4-2-1-3-5(6)7(9,10)13-14(11,12)15/h1-4,8-10H,(H2,11,12,15). The van der Waals surface area contributed by atoms with E-state index in [1.165, 1.54) is 18.2 Å². The van der Waals surface area contributed by atoms with Gasteiger partial charge in [-0.25, -0.2) is 4.52 Å². The van der Waals surface area contributed by atoms with Crippen LogP contribution < -0.4 is 0 Å². The summed E-state index contributed by atoms with van der Waals surface area (Å²) in [5, 5.41) is 27.9. The van der Waals surface area contributed by atoms with Gasteiger partial charge in [0.2, 0.25) is 0 Å². The van der Waals surface area contributed by atoms with E-state index in [2.05, 4.69) is 16.3 Å². The number of para-hydroxylation sites is 1. The molecule has 0 aliphatic rings. The maximum atomic E-state index is 9.32. The van der Waals surface area contributed by atoms with Crippen LogP contribution in [-0.2, 0) is 22.3 Å². The molecule has 0 saturated carbocycles. The first kappa shape index (κ1) is 12.5. The van der Waals surface area contributed by atoms with E-state index >= 15 is 0 Å². The maximum Gasteiger partial charge on any atom is 0.326 e. The number of hydrogen-bond donors (Lipinski definition) is 5. The van der Waals surface area contributed by atoms with Gasteiger partial charge in [-0.15, -0.1) is 0 Å². The molecular formula is C7H9O6PS. The van der Waals surface area contributed by atoms with Crippen LogP contribution in [0.1, 0.15) is 5.56 Å². The number of benzene rings is 1. The Labute approximate surface area is 90.3 Å². The van der Waals surface area contributed by atoms with Gasteiger partial charge < -0.3 is 25.1 Å². The summed E-state index contributed by atoms with van der Waals surface area (Å²) in [6.45, 7) is -4.25. The van der Waals surface area contributed by atoms with Gasteiger partial charge in [-0.05, 0) is 23.9 Å². The van der Waals surface area contributed by atoms with E-state index in [4.69, 9.17) is 9.79 Å². The van der Waals surface area contributed by atoms with Crippen LogP contribution in [-0.4, -0.2) is 25.1 Å². The van der Waals surface area contributed by atoms with Gasteiger partial charge in [0, 0.05) is 0 Å². The average molecular weight is 252 g/mol. The molecule has 0 heterocycles. The lowest BCUT2D eigenvalue weighted by molar-refractivity contribution is -0.307. The number of phenolic OH excluding ortho intramolecular Hbond substituents is 1. The molecule has 15 heavy (non-hydrogen) atoms. The minimum atomic E-state index is -4.25. The molecule has 6 nitrogen and oxygen atoms in total. The van der Waals surface area contributed by atoms with Crippen LogP contribution in [0.25, 0.3) is 0 Å². The number of aliphatic hydroxyl groups is 2. The molecule has 0 aliphatic carbocycles. The highest BCUT2D eigenvalue weighted by molar-refractivity contribution is 8.06. The van der Waals surface area contributed by atoms with E-state index in [1.807, 2.05) is 0 Å². The molecular weight excluding hydrogens is 243 g/mol. The fourth-order valence-corrected chi connectivity index (χ4v) is 1.71. The molecule has 0 aliphatic heterocycles. The van der Waals surface area contributed by atoms with Crippen molar-refractivity contribution >= 4 is 18.5 Å². The molecule has 1 aromatic carbocycles. The highest BCUT2D eigenvalue weighted by atomic mass is 32.5. The van der Waals surface area contributed by atoms with Gasteiger partial charge in [0.25, 0.3) is 0 Å². The van der Waals surface area contributed by atoms with Gasteiger partial charge >= 0.3 is 12.7 Å². The largest absolute Gasteiger partial charge is 0.507 e. The summed E-state index contributed by atoms with van der Waals surface area (Å²) in [6.07, 6.45) is 0. The van der Waals surface area contributed by atoms with Gasteiger partial charge in [-0.2, -0.15) is 0 Å². The van der Waals surface area contributed by atoms with Crippen LogP contribution in [0.4, 0.5) is 0 Å². The van der Waals surface area contributed by atoms with Gasteiger partial charge in [0.1, 0.15) is 5.75 Å². The highest BCUT2D eigenvalue weighted by Gasteiger charge is 2.35. The van der Waals surface area contributed by atoms with Crippen LogP contribution in [0.3, 0.4) is 0 Å². The molecule has 0 spiro atoms. The van der Waals surface area contributed by atoms with Crippen molar-refractivity contribution in [2.75, 3.05) is 0 Å². The first-order valence-corrected chi connectivity index (χ1v) is 6.34. The summed E-state index contributed by atoms with van der Waals surface area (Å²) in [7, 11) is 0. The zero-order valence-electron chi connectivity index (χ0n) is 7.31. The Balaban J connectivity index is 3.06. The van der Waals surface area contributed by atoms with Gasteiger partial charge in [-0.3, -0.25) is 0 Å². The molecule has 84 valence electrons. The number of hydrogen-bond acceptors (Lipinski definition) is 5. The maximum absolute atomic E-state index is 9.32. The summed E-state index contributed by atoms with van der Waals surface area (Å²) in [5.41, 5.74) is -0.428. The molecule has 0 atom stereocenters. The van der Waals surface area contributed by atoms with Crippen LogP contribution in [0, 0.1) is 0 Å². The van der Waals surface area contributed by atoms with Crippen molar-refractivity contribution in [1.82, 2.24) is 0 Å². The third kappa shape index (κ3) is 3.51. The van der Waals surface area contributed by atoms with Crippen LogP contribution in [0.15, 0.2) is 24.3 Å². The normalized spacial score (nSPS) is 12.8. The fraction of sp³-hybridized carbons (Fsp3) is 0.143. The smallest absolute Gasteiger partial charge is 0.326 e. The van der Waals surface area contributed by atoms with E-state index in [-0.39, 0.29) is 0 Å². The predicted octanol–water partition coefficient (Wildman–Crippen LogP) is -0.287. The minimum absolute atomic E-state index is 0.428. The van der Waals surface area contributed by atoms with E-state index < -0.39 is 24.0 Å². The lowest BCUT2D eigenvalue weighted by Crippen LogP contribution is -2.27. The molecule has 0 amide bonds. The van der Waals surface area contributed by atoms with Crippen LogP contribution in [0.2, 0.25) is 0 Å². The Kier molecular flexibility index (Phi) is 3.47. The van der Waals surface area contributed by atoms with E-state index in [9.17, 15) is 15.3 Å². The lowest BCUT2D eigenvalue weighted by Gasteiger charge is -2.24. The van der Waals surface area contributed by atoms with Crippen LogP contribution >= 0.6 is 6.72 Å². The zero-order valence-corrected chi connectivity index (χ0v) is 9.02. The average Bonchev–Trinajstić information content (AvgIpc) is 1.99. The van der Waals surface area contributed by atoms with Gasteiger partial charge in [0.15, 0.2) is 0 Å². The van der Waals surface area contributed by atoms with Crippen molar-refractivity contribution in [3.63, 3.8) is 0 Å². The molecule has 0 radical (unpaired) electrons. The summed E-state index contributed by atoms with van der Waals surface area (Å²) in [4.78, 5) is 17.5. The Morgan fingerprint density at radius 3 is 2.20 bits per heavy atom. The molecule has 0 fully saturated rings. The van der Waals surface area contributed by atoms with Gasteiger partial charge in [-0.1, -0.05) is 12.1 Å². The topological polar surface area (TPSA) is 110 Å². The zero-order chi connectivity index (χ0) is 11.7. The molecule has 0 aromatic heterocycles. The monoisotopic (exact) mass is 252 g/mol. The fourth-order valence-electron chi connectivity index (χ4n) is 0.964. The summed E-state index contributed by atoms with van der Waals surface area (Å²) >= 11 is 4.07. The van der Waals surface area contributed by atoms with Crippen molar-refractivity contribution in [2.24, 2.45) is 0 Å².